The summed E-state index contributed by atoms with van der Waals surface area (Å²) in [5.74, 6) is 0.862. The first-order valence-corrected chi connectivity index (χ1v) is 7.09. The number of rotatable bonds is 4. The Morgan fingerprint density at radius 3 is 2.74 bits per heavy atom. The topological polar surface area (TPSA) is 63.3 Å². The third-order valence-corrected chi connectivity index (χ3v) is 3.44. The maximum atomic E-state index is 5.84. The van der Waals surface area contributed by atoms with Crippen LogP contribution in [0, 0.1) is 0 Å². The van der Waals surface area contributed by atoms with Gasteiger partial charge in [-0.05, 0) is 18.1 Å². The van der Waals surface area contributed by atoms with E-state index < -0.39 is 0 Å². The predicted octanol–water partition coefficient (Wildman–Crippen LogP) is 3.19. The van der Waals surface area contributed by atoms with Crippen LogP contribution in [0.4, 0.5) is 5.69 Å². The van der Waals surface area contributed by atoms with Gasteiger partial charge in [-0.2, -0.15) is 0 Å². The molecule has 0 aliphatic carbocycles. The molecule has 1 heterocycles. The molecular weight excluding hydrogens is 256 g/mol. The molecule has 4 nitrogen and oxygen atoms in total. The molecule has 5 heteroatoms. The van der Waals surface area contributed by atoms with E-state index in [1.54, 1.807) is 11.3 Å². The monoisotopic (exact) mass is 274 g/mol. The van der Waals surface area contributed by atoms with Crippen molar-refractivity contribution >= 4 is 23.0 Å². The molecule has 100 valence electrons. The first kappa shape index (κ1) is 13.5. The van der Waals surface area contributed by atoms with Crippen LogP contribution in [-0.4, -0.2) is 10.9 Å². The summed E-state index contributed by atoms with van der Waals surface area (Å²) in [7, 11) is 0. The molecule has 0 radical (unpaired) electrons. The number of hydrogen-bond donors (Lipinski definition) is 2. The zero-order valence-electron chi connectivity index (χ0n) is 11.1. The molecule has 19 heavy (non-hydrogen) atoms. The zero-order chi connectivity index (χ0) is 13.7. The summed E-state index contributed by atoms with van der Waals surface area (Å²) in [4.78, 5) is 8.81. The number of thiazole rings is 1. The van der Waals surface area contributed by atoms with Gasteiger partial charge in [-0.3, -0.25) is 0 Å². The minimum atomic E-state index is 0.410. The van der Waals surface area contributed by atoms with Crippen LogP contribution < -0.4 is 11.1 Å². The molecule has 0 unspecified atom stereocenters. The Labute approximate surface area is 117 Å². The van der Waals surface area contributed by atoms with Crippen LogP contribution in [0.5, 0.6) is 0 Å². The summed E-state index contributed by atoms with van der Waals surface area (Å²) in [5, 5.41) is 6.11. The standard InChI is InChI=1S/C14H18N4S/c1-10(2)12-9-19-13(18-12)8-16-14(15)17-11-6-4-3-5-7-11/h3-7,9-10H,8H2,1-2H3,(H3,15,16,17). The number of aliphatic imine (C=N–C) groups is 1. The molecule has 0 amide bonds. The fourth-order valence-electron chi connectivity index (χ4n) is 1.52. The van der Waals surface area contributed by atoms with Crippen LogP contribution in [0.3, 0.4) is 0 Å². The third kappa shape index (κ3) is 4.06. The lowest BCUT2D eigenvalue weighted by atomic mass is 10.2. The first-order valence-electron chi connectivity index (χ1n) is 6.21. The Balaban J connectivity index is 1.94. The number of nitrogens with zero attached hydrogens (tertiary/aromatic N) is 2. The van der Waals surface area contributed by atoms with Crippen molar-refractivity contribution in [1.29, 1.82) is 0 Å². The van der Waals surface area contributed by atoms with Crippen molar-refractivity contribution in [2.45, 2.75) is 26.3 Å². The van der Waals surface area contributed by atoms with Gasteiger partial charge in [-0.25, -0.2) is 9.98 Å². The fraction of sp³-hybridized carbons (Fsp3) is 0.286. The number of hydrogen-bond acceptors (Lipinski definition) is 3. The second-order valence-electron chi connectivity index (χ2n) is 4.51. The molecule has 0 saturated heterocycles. The minimum Gasteiger partial charge on any atom is -0.370 e. The van der Waals surface area contributed by atoms with Crippen molar-refractivity contribution < 1.29 is 0 Å². The maximum Gasteiger partial charge on any atom is 0.193 e. The van der Waals surface area contributed by atoms with Crippen LogP contribution in [-0.2, 0) is 6.54 Å². The molecule has 0 saturated carbocycles. The summed E-state index contributed by atoms with van der Waals surface area (Å²) in [5.41, 5.74) is 7.89. The molecular formula is C14H18N4S. The van der Waals surface area contributed by atoms with E-state index in [-0.39, 0.29) is 0 Å². The van der Waals surface area contributed by atoms with E-state index in [9.17, 15) is 0 Å². The molecule has 2 rings (SSSR count). The largest absolute Gasteiger partial charge is 0.370 e. The van der Waals surface area contributed by atoms with Gasteiger partial charge in [-0.1, -0.05) is 32.0 Å². The van der Waals surface area contributed by atoms with Gasteiger partial charge < -0.3 is 11.1 Å². The quantitative estimate of drug-likeness (QED) is 0.665. The molecule has 0 aliphatic heterocycles. The van der Waals surface area contributed by atoms with Crippen molar-refractivity contribution in [3.63, 3.8) is 0 Å². The summed E-state index contributed by atoms with van der Waals surface area (Å²) in [6.07, 6.45) is 0. The van der Waals surface area contributed by atoms with E-state index in [2.05, 4.69) is 34.5 Å². The SMILES string of the molecule is CC(C)c1csc(CN=C(N)Nc2ccccc2)n1. The second kappa shape index (κ2) is 6.33. The molecule has 0 bridgehead atoms. The molecule has 1 aromatic heterocycles. The van der Waals surface area contributed by atoms with E-state index >= 15 is 0 Å². The normalized spacial score (nSPS) is 11.8. The number of anilines is 1. The molecule has 2 aromatic rings. The fourth-order valence-corrected chi connectivity index (χ4v) is 2.40. The highest BCUT2D eigenvalue weighted by atomic mass is 32.1. The summed E-state index contributed by atoms with van der Waals surface area (Å²) in [6.45, 7) is 4.78. The molecule has 0 aliphatic rings. The number of para-hydroxylation sites is 1. The molecule has 0 spiro atoms. The van der Waals surface area contributed by atoms with Gasteiger partial charge in [0, 0.05) is 11.1 Å². The van der Waals surface area contributed by atoms with Crippen molar-refractivity contribution in [3.8, 4) is 0 Å². The molecule has 3 N–H and O–H groups in total. The summed E-state index contributed by atoms with van der Waals surface area (Å²) < 4.78 is 0. The highest BCUT2D eigenvalue weighted by Gasteiger charge is 2.05. The number of guanidine groups is 1. The predicted molar refractivity (Wildman–Crippen MR) is 81.6 cm³/mol. The first-order chi connectivity index (χ1) is 9.15. The Bertz CT molecular complexity index is 546. The van der Waals surface area contributed by atoms with Crippen molar-refractivity contribution in [2.24, 2.45) is 10.7 Å². The van der Waals surface area contributed by atoms with Gasteiger partial charge in [0.05, 0.1) is 12.2 Å². The van der Waals surface area contributed by atoms with E-state index in [1.807, 2.05) is 30.3 Å². The van der Waals surface area contributed by atoms with Gasteiger partial charge in [0.1, 0.15) is 5.01 Å². The summed E-state index contributed by atoms with van der Waals surface area (Å²) >= 11 is 1.62. The lowest BCUT2D eigenvalue weighted by Gasteiger charge is -2.04. The lowest BCUT2D eigenvalue weighted by Crippen LogP contribution is -2.22. The van der Waals surface area contributed by atoms with E-state index in [4.69, 9.17) is 5.73 Å². The zero-order valence-corrected chi connectivity index (χ0v) is 11.9. The Hall–Kier alpha value is -1.88. The highest BCUT2D eigenvalue weighted by molar-refractivity contribution is 7.09. The number of nitrogens with two attached hydrogens (primary N) is 1. The van der Waals surface area contributed by atoms with Crippen molar-refractivity contribution in [1.82, 2.24) is 4.98 Å². The minimum absolute atomic E-state index is 0.410. The van der Waals surface area contributed by atoms with Gasteiger partial charge in [0.25, 0.3) is 0 Å². The van der Waals surface area contributed by atoms with Gasteiger partial charge >= 0.3 is 0 Å². The average molecular weight is 274 g/mol. The average Bonchev–Trinajstić information content (AvgIpc) is 2.86. The maximum absolute atomic E-state index is 5.84. The van der Waals surface area contributed by atoms with E-state index in [1.165, 1.54) is 0 Å². The van der Waals surface area contributed by atoms with E-state index in [0.717, 1.165) is 16.4 Å². The van der Waals surface area contributed by atoms with Crippen LogP contribution in [0.1, 0.15) is 30.5 Å². The van der Waals surface area contributed by atoms with Gasteiger partial charge in [0.2, 0.25) is 0 Å². The number of benzene rings is 1. The van der Waals surface area contributed by atoms with Crippen LogP contribution in [0.25, 0.3) is 0 Å². The molecule has 0 atom stereocenters. The Morgan fingerprint density at radius 1 is 1.37 bits per heavy atom. The number of nitrogens with one attached hydrogen (secondary N) is 1. The number of aromatic nitrogens is 1. The summed E-state index contributed by atoms with van der Waals surface area (Å²) in [6, 6.07) is 9.75. The molecule has 1 aromatic carbocycles. The molecule has 0 fully saturated rings. The van der Waals surface area contributed by atoms with Gasteiger partial charge in [-0.15, -0.1) is 11.3 Å². The second-order valence-corrected chi connectivity index (χ2v) is 5.46. The van der Waals surface area contributed by atoms with Crippen molar-refractivity contribution in [3.05, 3.63) is 46.4 Å². The van der Waals surface area contributed by atoms with Crippen molar-refractivity contribution in [2.75, 3.05) is 5.32 Å². The lowest BCUT2D eigenvalue weighted by molar-refractivity contribution is 0.821. The van der Waals surface area contributed by atoms with E-state index in [0.29, 0.717) is 18.4 Å². The Kier molecular flexibility index (Phi) is 4.52. The van der Waals surface area contributed by atoms with Crippen LogP contribution in [0.15, 0.2) is 40.7 Å². The van der Waals surface area contributed by atoms with Crippen LogP contribution >= 0.6 is 11.3 Å². The third-order valence-electron chi connectivity index (χ3n) is 2.59. The smallest absolute Gasteiger partial charge is 0.193 e. The van der Waals surface area contributed by atoms with Crippen LogP contribution in [0.2, 0.25) is 0 Å². The highest BCUT2D eigenvalue weighted by Crippen LogP contribution is 2.18. The Morgan fingerprint density at radius 2 is 2.11 bits per heavy atom. The van der Waals surface area contributed by atoms with Gasteiger partial charge in [0.15, 0.2) is 5.96 Å².